The summed E-state index contributed by atoms with van der Waals surface area (Å²) in [6, 6.07) is 1.40. The van der Waals surface area contributed by atoms with Gasteiger partial charge in [-0.25, -0.2) is 0 Å². The molecule has 1 aliphatic carbocycles. The average Bonchev–Trinajstić information content (AvgIpc) is 2.47. The first kappa shape index (κ1) is 15.4. The van der Waals surface area contributed by atoms with Crippen LogP contribution >= 0.6 is 0 Å². The molecule has 2 rings (SSSR count). The molecule has 0 bridgehead atoms. The van der Waals surface area contributed by atoms with Gasteiger partial charge in [-0.15, -0.1) is 0 Å². The highest BCUT2D eigenvalue weighted by Crippen LogP contribution is 2.25. The Morgan fingerprint density at radius 1 is 1.33 bits per heavy atom. The first-order valence-electron chi connectivity index (χ1n) is 7.39. The van der Waals surface area contributed by atoms with Gasteiger partial charge in [0.2, 0.25) is 0 Å². The number of nitrogens with zero attached hydrogens (tertiary/aromatic N) is 2. The van der Waals surface area contributed by atoms with Crippen LogP contribution in [0.1, 0.15) is 54.4 Å². The smallest absolute Gasteiger partial charge is 0.308 e. The summed E-state index contributed by atoms with van der Waals surface area (Å²) in [5.41, 5.74) is 1.82. The van der Waals surface area contributed by atoms with Crippen molar-refractivity contribution in [2.24, 2.45) is 5.92 Å². The van der Waals surface area contributed by atoms with Crippen LogP contribution in [0.5, 0.6) is 0 Å². The van der Waals surface area contributed by atoms with Crippen molar-refractivity contribution in [3.63, 3.8) is 0 Å². The highest BCUT2D eigenvalue weighted by Gasteiger charge is 2.32. The van der Waals surface area contributed by atoms with Crippen LogP contribution < -0.4 is 5.32 Å². The van der Waals surface area contributed by atoms with Gasteiger partial charge in [0.1, 0.15) is 0 Å². The Labute approximate surface area is 124 Å². The number of amides is 1. The number of hydrogen-bond acceptors (Lipinski definition) is 4. The maximum Gasteiger partial charge on any atom is 0.308 e. The van der Waals surface area contributed by atoms with E-state index in [1.54, 1.807) is 13.0 Å². The largest absolute Gasteiger partial charge is 0.481 e. The molecule has 0 saturated heterocycles. The lowest BCUT2D eigenvalue weighted by molar-refractivity contribution is -0.143. The predicted molar refractivity (Wildman–Crippen MR) is 77.0 cm³/mol. The van der Waals surface area contributed by atoms with Crippen LogP contribution in [-0.4, -0.2) is 33.2 Å². The SMILES string of the molecule is CCc1nnc(C)cc1C(=O)NC1CCCCC1C(=O)O. The highest BCUT2D eigenvalue weighted by molar-refractivity contribution is 5.95. The third kappa shape index (κ3) is 3.56. The molecule has 0 aliphatic heterocycles. The molecule has 0 aromatic carbocycles. The minimum atomic E-state index is -0.834. The molecule has 6 heteroatoms. The fraction of sp³-hybridized carbons (Fsp3) is 0.600. The molecule has 1 aromatic rings. The zero-order chi connectivity index (χ0) is 15.4. The van der Waals surface area contributed by atoms with E-state index in [9.17, 15) is 14.7 Å². The second-order valence-electron chi connectivity index (χ2n) is 5.51. The van der Waals surface area contributed by atoms with Gasteiger partial charge in [-0.05, 0) is 32.3 Å². The van der Waals surface area contributed by atoms with Gasteiger partial charge in [-0.1, -0.05) is 19.8 Å². The van der Waals surface area contributed by atoms with Gasteiger partial charge in [0, 0.05) is 6.04 Å². The number of hydrogen-bond donors (Lipinski definition) is 2. The molecule has 2 N–H and O–H groups in total. The van der Waals surface area contributed by atoms with Crippen LogP contribution in [0.3, 0.4) is 0 Å². The Morgan fingerprint density at radius 2 is 2.05 bits per heavy atom. The van der Waals surface area contributed by atoms with Gasteiger partial charge in [-0.3, -0.25) is 9.59 Å². The summed E-state index contributed by atoms with van der Waals surface area (Å²) in [7, 11) is 0. The van der Waals surface area contributed by atoms with E-state index >= 15 is 0 Å². The standard InChI is InChI=1S/C15H21N3O3/c1-3-12-11(8-9(2)17-18-12)14(19)16-13-7-5-4-6-10(13)15(20)21/h8,10,13H,3-7H2,1-2H3,(H,16,19)(H,20,21). The first-order chi connectivity index (χ1) is 10.0. The summed E-state index contributed by atoms with van der Waals surface area (Å²) in [5.74, 6) is -1.58. The van der Waals surface area contributed by atoms with Crippen LogP contribution in [0, 0.1) is 12.8 Å². The molecule has 6 nitrogen and oxygen atoms in total. The Bertz CT molecular complexity index is 545. The third-order valence-electron chi connectivity index (χ3n) is 3.97. The Hall–Kier alpha value is -1.98. The van der Waals surface area contributed by atoms with E-state index in [1.165, 1.54) is 0 Å². The quantitative estimate of drug-likeness (QED) is 0.881. The summed E-state index contributed by atoms with van der Waals surface area (Å²) < 4.78 is 0. The van der Waals surface area contributed by atoms with Gasteiger partial charge >= 0.3 is 5.97 Å². The number of aromatic nitrogens is 2. The summed E-state index contributed by atoms with van der Waals surface area (Å²) in [6.07, 6.45) is 3.79. The fourth-order valence-corrected chi connectivity index (χ4v) is 2.82. The minimum absolute atomic E-state index is 0.247. The molecule has 0 radical (unpaired) electrons. The molecule has 21 heavy (non-hydrogen) atoms. The maximum absolute atomic E-state index is 12.4. The van der Waals surface area contributed by atoms with Gasteiger partial charge in [0.15, 0.2) is 0 Å². The Balaban J connectivity index is 2.17. The molecular weight excluding hydrogens is 270 g/mol. The predicted octanol–water partition coefficient (Wildman–Crippen LogP) is 1.72. The van der Waals surface area contributed by atoms with Crippen LogP contribution in [0.4, 0.5) is 0 Å². The van der Waals surface area contributed by atoms with E-state index in [1.807, 2.05) is 6.92 Å². The molecule has 1 saturated carbocycles. The molecule has 1 fully saturated rings. The summed E-state index contributed by atoms with van der Waals surface area (Å²) in [6.45, 7) is 3.70. The van der Waals surface area contributed by atoms with Crippen molar-refractivity contribution in [1.82, 2.24) is 15.5 Å². The second kappa shape index (κ2) is 6.65. The van der Waals surface area contributed by atoms with Crippen molar-refractivity contribution in [3.05, 3.63) is 23.0 Å². The number of rotatable bonds is 4. The van der Waals surface area contributed by atoms with Gasteiger partial charge in [-0.2, -0.15) is 10.2 Å². The van der Waals surface area contributed by atoms with E-state index in [0.29, 0.717) is 36.2 Å². The molecule has 1 aliphatic rings. The monoisotopic (exact) mass is 291 g/mol. The number of aryl methyl sites for hydroxylation is 2. The van der Waals surface area contributed by atoms with Crippen molar-refractivity contribution < 1.29 is 14.7 Å². The number of carboxylic acids is 1. The molecule has 114 valence electrons. The normalized spacial score (nSPS) is 21.8. The van der Waals surface area contributed by atoms with Crippen LogP contribution in [0.15, 0.2) is 6.07 Å². The van der Waals surface area contributed by atoms with E-state index in [-0.39, 0.29) is 11.9 Å². The molecule has 2 unspecified atom stereocenters. The van der Waals surface area contributed by atoms with Crippen molar-refractivity contribution in [1.29, 1.82) is 0 Å². The number of carbonyl (C=O) groups excluding carboxylic acids is 1. The van der Waals surface area contributed by atoms with E-state index in [2.05, 4.69) is 15.5 Å². The average molecular weight is 291 g/mol. The van der Waals surface area contributed by atoms with Crippen LogP contribution in [0.25, 0.3) is 0 Å². The lowest BCUT2D eigenvalue weighted by Crippen LogP contribution is -2.45. The van der Waals surface area contributed by atoms with Gasteiger partial charge in [0.05, 0.1) is 22.9 Å². The molecule has 1 amide bonds. The van der Waals surface area contributed by atoms with E-state index in [0.717, 1.165) is 12.8 Å². The molecule has 1 heterocycles. The molecular formula is C15H21N3O3. The summed E-state index contributed by atoms with van der Waals surface area (Å²) in [5, 5.41) is 20.1. The van der Waals surface area contributed by atoms with Gasteiger partial charge < -0.3 is 10.4 Å². The third-order valence-corrected chi connectivity index (χ3v) is 3.97. The number of carbonyl (C=O) groups is 2. The fourth-order valence-electron chi connectivity index (χ4n) is 2.82. The summed E-state index contributed by atoms with van der Waals surface area (Å²) in [4.78, 5) is 23.7. The van der Waals surface area contributed by atoms with Crippen molar-refractivity contribution >= 4 is 11.9 Å². The zero-order valence-electron chi connectivity index (χ0n) is 12.4. The maximum atomic E-state index is 12.4. The number of carboxylic acid groups (broad SMARTS) is 1. The molecule has 0 spiro atoms. The Kier molecular flexibility index (Phi) is 4.88. The van der Waals surface area contributed by atoms with E-state index < -0.39 is 11.9 Å². The van der Waals surface area contributed by atoms with Crippen molar-refractivity contribution in [3.8, 4) is 0 Å². The topological polar surface area (TPSA) is 92.2 Å². The minimum Gasteiger partial charge on any atom is -0.481 e. The number of aliphatic carboxylic acids is 1. The van der Waals surface area contributed by atoms with Crippen molar-refractivity contribution in [2.45, 2.75) is 52.0 Å². The van der Waals surface area contributed by atoms with Gasteiger partial charge in [0.25, 0.3) is 5.91 Å². The molecule has 2 atom stereocenters. The lowest BCUT2D eigenvalue weighted by atomic mass is 9.84. The number of nitrogens with one attached hydrogen (secondary N) is 1. The Morgan fingerprint density at radius 3 is 2.71 bits per heavy atom. The van der Waals surface area contributed by atoms with Crippen molar-refractivity contribution in [2.75, 3.05) is 0 Å². The first-order valence-corrected chi connectivity index (χ1v) is 7.39. The zero-order valence-corrected chi connectivity index (χ0v) is 12.4. The van der Waals surface area contributed by atoms with Crippen LogP contribution in [0.2, 0.25) is 0 Å². The molecule has 1 aromatic heterocycles. The van der Waals surface area contributed by atoms with E-state index in [4.69, 9.17) is 0 Å². The van der Waals surface area contributed by atoms with Crippen LogP contribution in [-0.2, 0) is 11.2 Å². The summed E-state index contributed by atoms with van der Waals surface area (Å²) >= 11 is 0. The highest BCUT2D eigenvalue weighted by atomic mass is 16.4. The second-order valence-corrected chi connectivity index (χ2v) is 5.51. The lowest BCUT2D eigenvalue weighted by Gasteiger charge is -2.29.